The Hall–Kier alpha value is -0.780. The van der Waals surface area contributed by atoms with Gasteiger partial charge in [0.25, 0.3) is 0 Å². The van der Waals surface area contributed by atoms with Crippen LogP contribution in [-0.4, -0.2) is 34.6 Å². The third-order valence-corrected chi connectivity index (χ3v) is 7.96. The summed E-state index contributed by atoms with van der Waals surface area (Å²) in [6.45, 7) is -0.00719. The van der Waals surface area contributed by atoms with E-state index in [1.54, 1.807) is 30.1 Å². The van der Waals surface area contributed by atoms with Gasteiger partial charge in [-0.05, 0) is 62.5 Å². The monoisotopic (exact) mass is 472 g/mol. The van der Waals surface area contributed by atoms with Gasteiger partial charge in [-0.2, -0.15) is 0 Å². The molecule has 7 heteroatoms. The Morgan fingerprint density at radius 3 is 2.33 bits per heavy atom. The van der Waals surface area contributed by atoms with Crippen LogP contribution in [0.1, 0.15) is 38.5 Å². The zero-order chi connectivity index (χ0) is 19.4. The normalized spacial score (nSPS) is 33.8. The van der Waals surface area contributed by atoms with Crippen LogP contribution in [0.2, 0.25) is 10.0 Å². The Morgan fingerprint density at radius 1 is 1.19 bits per heavy atom. The number of nitrogens with one attached hydrogen (secondary N) is 1. The molecule has 0 saturated heterocycles. The van der Waals surface area contributed by atoms with Crippen molar-refractivity contribution in [2.24, 2.45) is 17.3 Å². The van der Waals surface area contributed by atoms with Crippen molar-refractivity contribution in [1.29, 1.82) is 0 Å². The molecular formula is C20H23BrCl2N2O2. The molecule has 4 nitrogen and oxygen atoms in total. The Morgan fingerprint density at radius 2 is 1.78 bits per heavy atom. The third kappa shape index (κ3) is 3.63. The topological polar surface area (TPSA) is 49.4 Å². The van der Waals surface area contributed by atoms with Crippen molar-refractivity contribution in [3.05, 3.63) is 28.2 Å². The molecule has 0 radical (unpaired) electrons. The van der Waals surface area contributed by atoms with Gasteiger partial charge in [-0.1, -0.05) is 45.2 Å². The number of alkyl halides is 1. The molecule has 2 unspecified atom stereocenters. The average molecular weight is 474 g/mol. The second kappa shape index (κ2) is 6.93. The summed E-state index contributed by atoms with van der Waals surface area (Å²) in [5.74, 6) is 1.05. The average Bonchev–Trinajstić information content (AvgIpc) is 2.55. The fourth-order valence-electron chi connectivity index (χ4n) is 5.89. The SMILES string of the molecule is CN(CC(=O)Nc1c(Cl)cccc1Cl)C(=O)C12CC3CC(CC(Br)(C3)C1)C2. The van der Waals surface area contributed by atoms with Gasteiger partial charge >= 0.3 is 0 Å². The van der Waals surface area contributed by atoms with Crippen molar-refractivity contribution in [2.45, 2.75) is 42.8 Å². The molecule has 5 rings (SSSR count). The van der Waals surface area contributed by atoms with E-state index in [2.05, 4.69) is 21.2 Å². The summed E-state index contributed by atoms with van der Waals surface area (Å²) in [5.41, 5.74) is 0.0749. The zero-order valence-electron chi connectivity index (χ0n) is 15.2. The van der Waals surface area contributed by atoms with Crippen LogP contribution in [0.15, 0.2) is 18.2 Å². The first-order chi connectivity index (χ1) is 12.7. The molecule has 0 heterocycles. The highest BCUT2D eigenvalue weighted by atomic mass is 79.9. The molecule has 0 aromatic heterocycles. The second-order valence-corrected chi connectivity index (χ2v) is 11.2. The van der Waals surface area contributed by atoms with Crippen LogP contribution >= 0.6 is 39.1 Å². The molecule has 4 aliphatic carbocycles. The van der Waals surface area contributed by atoms with Crippen molar-refractivity contribution in [1.82, 2.24) is 4.90 Å². The Labute approximate surface area is 178 Å². The van der Waals surface area contributed by atoms with E-state index in [0.717, 1.165) is 19.3 Å². The highest BCUT2D eigenvalue weighted by molar-refractivity contribution is 9.10. The number of hydrogen-bond donors (Lipinski definition) is 1. The van der Waals surface area contributed by atoms with E-state index in [4.69, 9.17) is 23.2 Å². The van der Waals surface area contributed by atoms with E-state index in [1.165, 1.54) is 19.3 Å². The first-order valence-corrected chi connectivity index (χ1v) is 10.9. The van der Waals surface area contributed by atoms with E-state index in [-0.39, 0.29) is 28.1 Å². The lowest BCUT2D eigenvalue weighted by molar-refractivity contribution is -0.155. The highest BCUT2D eigenvalue weighted by Gasteiger charge is 2.60. The maximum absolute atomic E-state index is 13.3. The van der Waals surface area contributed by atoms with Crippen LogP contribution in [0, 0.1) is 17.3 Å². The van der Waals surface area contributed by atoms with Gasteiger partial charge in [-0.25, -0.2) is 0 Å². The summed E-state index contributed by atoms with van der Waals surface area (Å²) in [4.78, 5) is 27.4. The van der Waals surface area contributed by atoms with E-state index in [1.807, 2.05) is 0 Å². The minimum absolute atomic E-state index is 0.00719. The van der Waals surface area contributed by atoms with Gasteiger partial charge in [0, 0.05) is 11.4 Å². The van der Waals surface area contributed by atoms with E-state index < -0.39 is 0 Å². The molecule has 4 aliphatic rings. The summed E-state index contributed by atoms with van der Waals surface area (Å²) in [6, 6.07) is 5.06. The molecule has 27 heavy (non-hydrogen) atoms. The lowest BCUT2D eigenvalue weighted by Gasteiger charge is -2.59. The first-order valence-electron chi connectivity index (χ1n) is 9.38. The van der Waals surface area contributed by atoms with Crippen molar-refractivity contribution in [2.75, 3.05) is 18.9 Å². The van der Waals surface area contributed by atoms with Crippen LogP contribution in [0.3, 0.4) is 0 Å². The molecule has 0 aliphatic heterocycles. The summed E-state index contributed by atoms with van der Waals surface area (Å²) in [5, 5.41) is 3.50. The maximum Gasteiger partial charge on any atom is 0.244 e. The molecule has 4 saturated carbocycles. The minimum atomic E-state index is -0.315. The summed E-state index contributed by atoms with van der Waals surface area (Å²) in [6.07, 6.45) is 6.39. The molecular weight excluding hydrogens is 451 g/mol. The third-order valence-electron chi connectivity index (χ3n) is 6.40. The highest BCUT2D eigenvalue weighted by Crippen LogP contribution is 2.64. The number of hydrogen-bond acceptors (Lipinski definition) is 2. The lowest BCUT2D eigenvalue weighted by Crippen LogP contribution is -2.58. The summed E-state index contributed by atoms with van der Waals surface area (Å²) < 4.78 is 0.112. The number of carbonyl (C=O) groups excluding carboxylic acids is 2. The quantitative estimate of drug-likeness (QED) is 0.616. The molecule has 4 bridgehead atoms. The fraction of sp³-hybridized carbons (Fsp3) is 0.600. The van der Waals surface area contributed by atoms with Crippen LogP contribution in [-0.2, 0) is 9.59 Å². The van der Waals surface area contributed by atoms with Crippen molar-refractivity contribution < 1.29 is 9.59 Å². The molecule has 1 N–H and O–H groups in total. The van der Waals surface area contributed by atoms with Crippen molar-refractivity contribution in [3.8, 4) is 0 Å². The molecule has 2 atom stereocenters. The molecule has 0 spiro atoms. The van der Waals surface area contributed by atoms with Crippen LogP contribution in [0.4, 0.5) is 5.69 Å². The van der Waals surface area contributed by atoms with Crippen molar-refractivity contribution in [3.63, 3.8) is 0 Å². The van der Waals surface area contributed by atoms with Crippen LogP contribution in [0.25, 0.3) is 0 Å². The predicted molar refractivity (Wildman–Crippen MR) is 112 cm³/mol. The number of anilines is 1. The number of nitrogens with zero attached hydrogens (tertiary/aromatic N) is 1. The Kier molecular flexibility index (Phi) is 5.01. The number of rotatable bonds is 4. The number of likely N-dealkylation sites (N-methyl/N-ethyl adjacent to an activating group) is 1. The molecule has 146 valence electrons. The van der Waals surface area contributed by atoms with Gasteiger partial charge in [0.1, 0.15) is 0 Å². The van der Waals surface area contributed by atoms with E-state index >= 15 is 0 Å². The van der Waals surface area contributed by atoms with Gasteiger partial charge in [0.2, 0.25) is 11.8 Å². The second-order valence-electron chi connectivity index (χ2n) is 8.70. The fourth-order valence-corrected chi connectivity index (χ4v) is 7.83. The number of halogens is 3. The van der Waals surface area contributed by atoms with E-state index in [9.17, 15) is 9.59 Å². The largest absolute Gasteiger partial charge is 0.336 e. The van der Waals surface area contributed by atoms with Gasteiger partial charge in [-0.15, -0.1) is 0 Å². The van der Waals surface area contributed by atoms with Gasteiger partial charge < -0.3 is 10.2 Å². The lowest BCUT2D eigenvalue weighted by atomic mass is 9.49. The molecule has 1 aromatic rings. The first kappa shape index (κ1) is 19.5. The zero-order valence-corrected chi connectivity index (χ0v) is 18.3. The van der Waals surface area contributed by atoms with Gasteiger partial charge in [0.15, 0.2) is 0 Å². The smallest absolute Gasteiger partial charge is 0.244 e. The number of carbonyl (C=O) groups is 2. The molecule has 2 amide bonds. The van der Waals surface area contributed by atoms with Gasteiger partial charge in [0.05, 0.1) is 27.7 Å². The summed E-state index contributed by atoms with van der Waals surface area (Å²) >= 11 is 16.2. The standard InChI is InChI=1S/C20H23BrCl2N2O2/c1-25(10-16(26)24-17-14(22)3-2-4-15(17)23)18(27)19-6-12-5-13(7-19)9-20(21,8-12)11-19/h2-4,12-13H,5-11H2,1H3,(H,24,26). The van der Waals surface area contributed by atoms with Gasteiger partial charge in [-0.3, -0.25) is 9.59 Å². The number of para-hydroxylation sites is 1. The predicted octanol–water partition coefficient (Wildman–Crippen LogP) is 5.12. The summed E-state index contributed by atoms with van der Waals surface area (Å²) in [7, 11) is 1.72. The maximum atomic E-state index is 13.3. The van der Waals surface area contributed by atoms with Crippen molar-refractivity contribution >= 4 is 56.6 Å². The van der Waals surface area contributed by atoms with Crippen LogP contribution < -0.4 is 5.32 Å². The number of amides is 2. The Balaban J connectivity index is 1.45. The van der Waals surface area contributed by atoms with E-state index in [0.29, 0.717) is 27.6 Å². The minimum Gasteiger partial charge on any atom is -0.336 e. The molecule has 1 aromatic carbocycles. The Bertz CT molecular complexity index is 766. The number of benzene rings is 1. The van der Waals surface area contributed by atoms with Crippen LogP contribution in [0.5, 0.6) is 0 Å². The molecule has 4 fully saturated rings.